The first kappa shape index (κ1) is 29.4. The lowest BCUT2D eigenvalue weighted by Gasteiger charge is -2.26. The molecule has 0 radical (unpaired) electrons. The van der Waals surface area contributed by atoms with Crippen LogP contribution in [0.4, 0.5) is 18.0 Å². The third kappa shape index (κ3) is 11.9. The van der Waals surface area contributed by atoms with Crippen molar-refractivity contribution in [3.8, 4) is 0 Å². The fourth-order valence-electron chi connectivity index (χ4n) is 2.68. The smallest absolute Gasteiger partial charge is 0.416 e. The molecule has 0 spiro atoms. The number of carbonyl (C=O) groups is 2. The van der Waals surface area contributed by atoms with Crippen LogP contribution in [0.1, 0.15) is 59.1 Å². The van der Waals surface area contributed by atoms with E-state index in [9.17, 15) is 27.0 Å². The van der Waals surface area contributed by atoms with Gasteiger partial charge >= 0.3 is 18.2 Å². The molecule has 188 valence electrons. The summed E-state index contributed by atoms with van der Waals surface area (Å²) in [5, 5.41) is 2.44. The highest BCUT2D eigenvalue weighted by atomic mass is 79.9. The molecule has 2 unspecified atom stereocenters. The molecule has 0 aliphatic rings. The molecule has 11 heteroatoms. The standard InChI is InChI=1S/C22H31BrF3NO5S/c1-20(2,3)31-18(28)17(27-19(29)32-21(4,5)6)10-12-33(30)11-9-14-7-8-15(23)13-16(14)22(24,25)26/h7-8,13,17H,9-12H2,1-6H3,(H,27,29). The number of benzene rings is 1. The Bertz CT molecular complexity index is 863. The molecule has 0 saturated carbocycles. The summed E-state index contributed by atoms with van der Waals surface area (Å²) in [7, 11) is -1.53. The Morgan fingerprint density at radius 2 is 1.61 bits per heavy atom. The lowest BCUT2D eigenvalue weighted by atomic mass is 10.1. The Kier molecular flexibility index (Phi) is 10.4. The minimum absolute atomic E-state index is 0.0163. The van der Waals surface area contributed by atoms with Crippen LogP contribution in [0.25, 0.3) is 0 Å². The Morgan fingerprint density at radius 3 is 2.12 bits per heavy atom. The molecule has 0 aromatic heterocycles. The van der Waals surface area contributed by atoms with Crippen LogP contribution in [0.15, 0.2) is 22.7 Å². The minimum Gasteiger partial charge on any atom is -0.458 e. The zero-order valence-corrected chi connectivity index (χ0v) is 22.0. The summed E-state index contributed by atoms with van der Waals surface area (Å²) in [6.07, 6.45) is -5.42. The van der Waals surface area contributed by atoms with Crippen LogP contribution in [0, 0.1) is 0 Å². The zero-order valence-electron chi connectivity index (χ0n) is 19.6. The van der Waals surface area contributed by atoms with E-state index in [2.05, 4.69) is 21.2 Å². The van der Waals surface area contributed by atoms with Crippen molar-refractivity contribution in [1.29, 1.82) is 0 Å². The van der Waals surface area contributed by atoms with Gasteiger partial charge in [0.1, 0.15) is 17.2 Å². The van der Waals surface area contributed by atoms with Gasteiger partial charge in [-0.3, -0.25) is 4.21 Å². The molecular formula is C22H31BrF3NO5S. The average molecular weight is 558 g/mol. The monoisotopic (exact) mass is 557 g/mol. The topological polar surface area (TPSA) is 81.7 Å². The SMILES string of the molecule is CC(C)(C)OC(=O)NC(CCS(=O)CCc1ccc(Br)cc1C(F)(F)F)C(=O)OC(C)(C)C. The van der Waals surface area contributed by atoms with Crippen molar-refractivity contribution < 1.29 is 36.4 Å². The number of ether oxygens (including phenoxy) is 2. The predicted molar refractivity (Wildman–Crippen MR) is 124 cm³/mol. The number of alkyl carbamates (subject to hydrolysis) is 1. The van der Waals surface area contributed by atoms with E-state index < -0.39 is 51.8 Å². The van der Waals surface area contributed by atoms with Crippen molar-refractivity contribution in [3.63, 3.8) is 0 Å². The first-order chi connectivity index (χ1) is 14.9. The fourth-order valence-corrected chi connectivity index (χ4v) is 4.19. The number of hydrogen-bond acceptors (Lipinski definition) is 5. The molecule has 0 aliphatic carbocycles. The van der Waals surface area contributed by atoms with Gasteiger partial charge in [0.05, 0.1) is 5.56 Å². The summed E-state index contributed by atoms with van der Waals surface area (Å²) in [4.78, 5) is 24.6. The second kappa shape index (κ2) is 11.7. The Balaban J connectivity index is 2.81. The normalized spacial score (nSPS) is 14.4. The average Bonchev–Trinajstić information content (AvgIpc) is 2.60. The molecule has 33 heavy (non-hydrogen) atoms. The second-order valence-corrected chi connectivity index (χ2v) is 12.0. The van der Waals surface area contributed by atoms with E-state index in [4.69, 9.17) is 9.47 Å². The number of esters is 1. The van der Waals surface area contributed by atoms with Gasteiger partial charge in [0.25, 0.3) is 0 Å². The predicted octanol–water partition coefficient (Wildman–Crippen LogP) is 5.38. The van der Waals surface area contributed by atoms with E-state index in [1.54, 1.807) is 41.5 Å². The molecule has 1 amide bonds. The number of alkyl halides is 3. The minimum atomic E-state index is -4.53. The molecule has 6 nitrogen and oxygen atoms in total. The first-order valence-electron chi connectivity index (χ1n) is 10.3. The highest BCUT2D eigenvalue weighted by Gasteiger charge is 2.33. The third-order valence-electron chi connectivity index (χ3n) is 3.99. The maximum absolute atomic E-state index is 13.3. The molecule has 1 rings (SSSR count). The number of rotatable bonds is 8. The van der Waals surface area contributed by atoms with Gasteiger partial charge in [-0.05, 0) is 72.1 Å². The quantitative estimate of drug-likeness (QED) is 0.433. The Hall–Kier alpha value is -1.62. The van der Waals surface area contributed by atoms with Crippen molar-refractivity contribution in [3.05, 3.63) is 33.8 Å². The van der Waals surface area contributed by atoms with Gasteiger partial charge in [0, 0.05) is 26.8 Å². The lowest BCUT2D eigenvalue weighted by Crippen LogP contribution is -2.46. The van der Waals surface area contributed by atoms with Crippen LogP contribution < -0.4 is 5.32 Å². The van der Waals surface area contributed by atoms with Gasteiger partial charge < -0.3 is 14.8 Å². The molecule has 0 heterocycles. The van der Waals surface area contributed by atoms with Crippen LogP contribution in [0.5, 0.6) is 0 Å². The maximum Gasteiger partial charge on any atom is 0.416 e. The summed E-state index contributed by atoms with van der Waals surface area (Å²) in [6, 6.07) is 2.72. The summed E-state index contributed by atoms with van der Waals surface area (Å²) < 4.78 is 63.1. The highest BCUT2D eigenvalue weighted by molar-refractivity contribution is 9.10. The van der Waals surface area contributed by atoms with E-state index >= 15 is 0 Å². The summed E-state index contributed by atoms with van der Waals surface area (Å²) in [5.74, 6) is -0.756. The van der Waals surface area contributed by atoms with Gasteiger partial charge in [0.2, 0.25) is 0 Å². The fraction of sp³-hybridized carbons (Fsp3) is 0.636. The molecule has 0 saturated heterocycles. The van der Waals surface area contributed by atoms with Crippen LogP contribution >= 0.6 is 15.9 Å². The van der Waals surface area contributed by atoms with Crippen LogP contribution in [-0.2, 0) is 37.7 Å². The molecule has 0 aliphatic heterocycles. The first-order valence-corrected chi connectivity index (χ1v) is 12.6. The second-order valence-electron chi connectivity index (χ2n) is 9.42. The third-order valence-corrected chi connectivity index (χ3v) is 5.84. The molecule has 0 bridgehead atoms. The molecular weight excluding hydrogens is 527 g/mol. The van der Waals surface area contributed by atoms with Gasteiger partial charge in [-0.15, -0.1) is 0 Å². The van der Waals surface area contributed by atoms with Crippen LogP contribution in [0.2, 0.25) is 0 Å². The molecule has 1 aromatic rings. The van der Waals surface area contributed by atoms with Gasteiger partial charge in [-0.2, -0.15) is 13.2 Å². The number of nitrogens with one attached hydrogen (secondary N) is 1. The number of halogens is 4. The van der Waals surface area contributed by atoms with E-state index in [-0.39, 0.29) is 29.9 Å². The maximum atomic E-state index is 13.3. The van der Waals surface area contributed by atoms with Crippen LogP contribution in [0.3, 0.4) is 0 Å². The molecule has 0 fully saturated rings. The molecule has 1 N–H and O–H groups in total. The number of aryl methyl sites for hydroxylation is 1. The van der Waals surface area contributed by atoms with Crippen LogP contribution in [-0.4, -0.2) is 45.0 Å². The highest BCUT2D eigenvalue weighted by Crippen LogP contribution is 2.34. The van der Waals surface area contributed by atoms with E-state index in [0.717, 1.165) is 6.07 Å². The van der Waals surface area contributed by atoms with E-state index in [1.807, 2.05) is 0 Å². The summed E-state index contributed by atoms with van der Waals surface area (Å²) in [6.45, 7) is 10.0. The van der Waals surface area contributed by atoms with Crippen molar-refractivity contribution in [1.82, 2.24) is 5.32 Å². The zero-order chi connectivity index (χ0) is 25.6. The Labute approximate surface area is 203 Å². The van der Waals surface area contributed by atoms with Crippen molar-refractivity contribution in [2.75, 3.05) is 11.5 Å². The largest absolute Gasteiger partial charge is 0.458 e. The number of amides is 1. The van der Waals surface area contributed by atoms with E-state index in [1.165, 1.54) is 12.1 Å². The molecule has 1 aromatic carbocycles. The number of carbonyl (C=O) groups excluding carboxylic acids is 2. The van der Waals surface area contributed by atoms with Gasteiger partial charge in [-0.1, -0.05) is 22.0 Å². The summed E-state index contributed by atoms with van der Waals surface area (Å²) >= 11 is 3.03. The van der Waals surface area contributed by atoms with Crippen molar-refractivity contribution >= 4 is 38.8 Å². The summed E-state index contributed by atoms with van der Waals surface area (Å²) in [5.41, 5.74) is -2.34. The van der Waals surface area contributed by atoms with E-state index in [0.29, 0.717) is 4.47 Å². The number of hydrogen-bond donors (Lipinski definition) is 1. The van der Waals surface area contributed by atoms with Gasteiger partial charge in [-0.25, -0.2) is 9.59 Å². The van der Waals surface area contributed by atoms with Crippen molar-refractivity contribution in [2.45, 2.75) is 77.8 Å². The van der Waals surface area contributed by atoms with Crippen molar-refractivity contribution in [2.24, 2.45) is 0 Å². The van der Waals surface area contributed by atoms with Gasteiger partial charge in [0.15, 0.2) is 0 Å². The Morgan fingerprint density at radius 1 is 1.03 bits per heavy atom. The lowest BCUT2D eigenvalue weighted by molar-refractivity contribution is -0.157. The molecule has 2 atom stereocenters.